The molecule has 9 rings (SSSR count). The Morgan fingerprint density at radius 2 is 0.722 bits per heavy atom. The summed E-state index contributed by atoms with van der Waals surface area (Å²) in [7, 11) is 0. The fraction of sp³-hybridized carbons (Fsp3) is 0.0208. The molecule has 54 heavy (non-hydrogen) atoms. The molecule has 8 bridgehead atoms. The Kier molecular flexibility index (Phi) is 8.25. The number of benzene rings is 4. The molecule has 0 fully saturated rings. The third kappa shape index (κ3) is 6.06. The molecule has 6 heteroatoms. The van der Waals surface area contributed by atoms with Gasteiger partial charge in [0, 0.05) is 27.9 Å². The van der Waals surface area contributed by atoms with Gasteiger partial charge in [0.15, 0.2) is 0 Å². The van der Waals surface area contributed by atoms with Gasteiger partial charge in [-0.2, -0.15) is 0 Å². The first-order valence-electron chi connectivity index (χ1n) is 17.7. The van der Waals surface area contributed by atoms with Crippen LogP contribution >= 0.6 is 0 Å². The number of carbonyl (C=O) groups excluding carboxylic acids is 1. The molecule has 5 aliphatic heterocycles. The van der Waals surface area contributed by atoms with Gasteiger partial charge in [-0.1, -0.05) is 110 Å². The van der Waals surface area contributed by atoms with Crippen molar-refractivity contribution in [1.29, 1.82) is 0 Å². The van der Waals surface area contributed by atoms with E-state index in [-0.39, 0.29) is 0 Å². The van der Waals surface area contributed by atoms with Crippen molar-refractivity contribution in [3.63, 3.8) is 0 Å². The number of hydrogen-bond donors (Lipinski definition) is 0. The van der Waals surface area contributed by atoms with Crippen molar-refractivity contribution >= 4 is 51.1 Å². The number of esters is 1. The number of rotatable bonds is 6. The van der Waals surface area contributed by atoms with E-state index in [1.807, 2.05) is 91.0 Å². The SMILES string of the molecule is C=C(C)C(=O)Oc1ccc(C2=C3C=CC(=N3)C(c3ccccc3)=C3C=CC(=N3)C(c3ccccc3)=C3C=CC(=N3)C(c3ccccc3)=C3C=CC2=N3)cc1. The van der Waals surface area contributed by atoms with Gasteiger partial charge in [0.1, 0.15) is 5.75 Å². The van der Waals surface area contributed by atoms with Crippen LogP contribution in [0.1, 0.15) is 29.2 Å². The summed E-state index contributed by atoms with van der Waals surface area (Å²) in [4.78, 5) is 33.5. The van der Waals surface area contributed by atoms with Gasteiger partial charge < -0.3 is 4.74 Å². The van der Waals surface area contributed by atoms with Crippen molar-refractivity contribution in [2.24, 2.45) is 20.0 Å². The number of hydrogen-bond acceptors (Lipinski definition) is 6. The lowest BCUT2D eigenvalue weighted by atomic mass is 9.98. The molecule has 0 aromatic heterocycles. The van der Waals surface area contributed by atoms with Gasteiger partial charge in [-0.3, -0.25) is 0 Å². The summed E-state index contributed by atoms with van der Waals surface area (Å²) in [6.07, 6.45) is 16.4. The van der Waals surface area contributed by atoms with Crippen LogP contribution in [0, 0.1) is 0 Å². The minimum Gasteiger partial charge on any atom is -0.423 e. The lowest BCUT2D eigenvalue weighted by molar-refractivity contribution is -0.130. The molecule has 0 saturated carbocycles. The largest absolute Gasteiger partial charge is 0.423 e. The number of allylic oxidation sites excluding steroid dienone is 12. The maximum Gasteiger partial charge on any atom is 0.338 e. The Morgan fingerprint density at radius 3 is 1.02 bits per heavy atom. The second-order valence-electron chi connectivity index (χ2n) is 13.2. The van der Waals surface area contributed by atoms with E-state index < -0.39 is 5.97 Å². The Bertz CT molecular complexity index is 2620. The first kappa shape index (κ1) is 32.6. The smallest absolute Gasteiger partial charge is 0.338 e. The minimum absolute atomic E-state index is 0.330. The van der Waals surface area contributed by atoms with E-state index in [4.69, 9.17) is 24.7 Å². The molecule has 5 heterocycles. The number of ether oxygens (including phenoxy) is 1. The number of carbonyl (C=O) groups is 1. The fourth-order valence-corrected chi connectivity index (χ4v) is 6.97. The van der Waals surface area contributed by atoms with Crippen LogP contribution in [0.5, 0.6) is 5.75 Å². The minimum atomic E-state index is -0.472. The van der Waals surface area contributed by atoms with Crippen LogP contribution in [0.4, 0.5) is 0 Å². The second-order valence-corrected chi connectivity index (χ2v) is 13.2. The lowest BCUT2D eigenvalue weighted by Crippen LogP contribution is -2.08. The van der Waals surface area contributed by atoms with Gasteiger partial charge in [-0.05, 0) is 89.9 Å². The Labute approximate surface area is 313 Å². The summed E-state index contributed by atoms with van der Waals surface area (Å²) in [6.45, 7) is 5.33. The highest BCUT2D eigenvalue weighted by Gasteiger charge is 2.27. The van der Waals surface area contributed by atoms with E-state index in [2.05, 4.69) is 67.3 Å². The van der Waals surface area contributed by atoms with Crippen LogP contribution in [-0.4, -0.2) is 28.8 Å². The van der Waals surface area contributed by atoms with E-state index >= 15 is 0 Å². The molecule has 256 valence electrons. The molecule has 0 radical (unpaired) electrons. The summed E-state index contributed by atoms with van der Waals surface area (Å²) >= 11 is 0. The number of nitrogens with zero attached hydrogens (tertiary/aromatic N) is 4. The zero-order valence-corrected chi connectivity index (χ0v) is 29.4. The second kappa shape index (κ2) is 13.7. The van der Waals surface area contributed by atoms with Gasteiger partial charge in [-0.25, -0.2) is 24.8 Å². The van der Waals surface area contributed by atoms with Crippen molar-refractivity contribution in [3.8, 4) is 5.75 Å². The van der Waals surface area contributed by atoms with Gasteiger partial charge in [-0.15, -0.1) is 0 Å². The summed E-state index contributed by atoms with van der Waals surface area (Å²) in [5, 5.41) is 0. The topological polar surface area (TPSA) is 75.7 Å². The molecule has 4 aromatic carbocycles. The molecule has 4 aromatic rings. The molecule has 0 aliphatic carbocycles. The highest BCUT2D eigenvalue weighted by Crippen LogP contribution is 2.38. The van der Waals surface area contributed by atoms with Gasteiger partial charge >= 0.3 is 5.97 Å². The molecule has 0 amide bonds. The summed E-state index contributed by atoms with van der Waals surface area (Å²) in [5.41, 5.74) is 14.2. The van der Waals surface area contributed by atoms with Crippen LogP contribution in [-0.2, 0) is 4.79 Å². The third-order valence-electron chi connectivity index (χ3n) is 9.50. The van der Waals surface area contributed by atoms with Crippen LogP contribution in [0.25, 0.3) is 22.3 Å². The lowest BCUT2D eigenvalue weighted by Gasteiger charge is -2.13. The molecular formula is C48H32N4O2. The van der Waals surface area contributed by atoms with Crippen LogP contribution in [0.15, 0.2) is 219 Å². The van der Waals surface area contributed by atoms with Crippen molar-refractivity contribution < 1.29 is 9.53 Å². The highest BCUT2D eigenvalue weighted by molar-refractivity contribution is 6.39. The standard InChI is InChI=1S/C48H32N4O2/c1-30(2)48(53)54-35-20-18-34(19-21-35)47-42-28-26-40(51-42)45(32-14-8-4-9-15-32)38-24-22-36(49-38)44(31-12-6-3-7-13-31)37-23-25-39(50-37)46(33-16-10-5-11-17-33)41-27-29-43(47)52-41/h3-29H,1H2,2H3. The molecular weight excluding hydrogens is 665 g/mol. The molecule has 0 N–H and O–H groups in total. The summed E-state index contributed by atoms with van der Waals surface area (Å²) < 4.78 is 5.52. The molecule has 6 nitrogen and oxygen atoms in total. The Hall–Kier alpha value is -7.31. The monoisotopic (exact) mass is 696 g/mol. The van der Waals surface area contributed by atoms with Crippen molar-refractivity contribution in [2.75, 3.05) is 0 Å². The predicted molar refractivity (Wildman–Crippen MR) is 220 cm³/mol. The Balaban J connectivity index is 1.31. The van der Waals surface area contributed by atoms with Gasteiger partial charge in [0.2, 0.25) is 0 Å². The normalized spacial score (nSPS) is 17.0. The van der Waals surface area contributed by atoms with Crippen molar-refractivity contribution in [3.05, 3.63) is 221 Å². The van der Waals surface area contributed by atoms with E-state index in [1.165, 1.54) is 0 Å². The molecule has 0 unspecified atom stereocenters. The van der Waals surface area contributed by atoms with Crippen molar-refractivity contribution in [1.82, 2.24) is 0 Å². The molecule has 0 spiro atoms. The highest BCUT2D eigenvalue weighted by atomic mass is 16.5. The van der Waals surface area contributed by atoms with E-state index in [1.54, 1.807) is 19.1 Å². The maximum absolute atomic E-state index is 12.3. The zero-order valence-electron chi connectivity index (χ0n) is 29.4. The zero-order chi connectivity index (χ0) is 36.6. The summed E-state index contributed by atoms with van der Waals surface area (Å²) in [5.74, 6) is -0.0464. The van der Waals surface area contributed by atoms with E-state index in [9.17, 15) is 4.79 Å². The quantitative estimate of drug-likeness (QED) is 0.114. The van der Waals surface area contributed by atoms with Crippen LogP contribution < -0.4 is 4.74 Å². The first-order valence-corrected chi connectivity index (χ1v) is 17.7. The average molecular weight is 697 g/mol. The van der Waals surface area contributed by atoms with Crippen LogP contribution in [0.3, 0.4) is 0 Å². The van der Waals surface area contributed by atoms with Gasteiger partial charge in [0.05, 0.1) is 45.6 Å². The summed E-state index contributed by atoms with van der Waals surface area (Å²) in [6, 6.07) is 38.2. The number of aliphatic imine (C=N–C) groups is 4. The Morgan fingerprint density at radius 1 is 0.426 bits per heavy atom. The first-order chi connectivity index (χ1) is 26.5. The van der Waals surface area contributed by atoms with Crippen LogP contribution in [0.2, 0.25) is 0 Å². The molecule has 0 saturated heterocycles. The average Bonchev–Trinajstić information content (AvgIpc) is 4.05. The third-order valence-corrected chi connectivity index (χ3v) is 9.50. The van der Waals surface area contributed by atoms with Gasteiger partial charge in [0.25, 0.3) is 0 Å². The molecule has 5 aliphatic rings. The van der Waals surface area contributed by atoms with Crippen molar-refractivity contribution in [2.45, 2.75) is 6.92 Å². The predicted octanol–water partition coefficient (Wildman–Crippen LogP) is 10.2. The molecule has 0 atom stereocenters. The number of fused-ring (bicyclic) bond motifs is 4. The van der Waals surface area contributed by atoms with E-state index in [0.717, 1.165) is 90.2 Å². The fourth-order valence-electron chi connectivity index (χ4n) is 6.97. The van der Waals surface area contributed by atoms with E-state index in [0.29, 0.717) is 11.3 Å². The maximum atomic E-state index is 12.3.